The first-order valence-corrected chi connectivity index (χ1v) is 20.4. The van der Waals surface area contributed by atoms with Crippen LogP contribution in [0.2, 0.25) is 5.02 Å². The molecule has 0 aliphatic carbocycles. The second-order valence-electron chi connectivity index (χ2n) is 14.5. The van der Waals surface area contributed by atoms with Crippen LogP contribution in [0.4, 0.5) is 5.82 Å². The highest BCUT2D eigenvalue weighted by Crippen LogP contribution is 2.40. The van der Waals surface area contributed by atoms with Crippen molar-refractivity contribution in [2.45, 2.75) is 67.7 Å². The van der Waals surface area contributed by atoms with E-state index >= 15 is 0 Å². The molecular weight excluding hydrogens is 744 g/mol. The number of amides is 2. The predicted molar refractivity (Wildman–Crippen MR) is 227 cm³/mol. The van der Waals surface area contributed by atoms with Gasteiger partial charge < -0.3 is 42.2 Å². The predicted octanol–water partition coefficient (Wildman–Crippen LogP) is 5.09. The van der Waals surface area contributed by atoms with E-state index in [0.29, 0.717) is 31.0 Å². The molecule has 2 amide bonds. The summed E-state index contributed by atoms with van der Waals surface area (Å²) in [6.07, 6.45) is 5.83. The Labute approximate surface area is 338 Å². The van der Waals surface area contributed by atoms with E-state index in [4.69, 9.17) is 33.8 Å². The SMILES string of the molecule is Cc1[nH]c2ccccc2c1C[C@@H](C(=O)NCc1cc(-c2ccnc(N3CCN(C)CC3)c2)cc(Cl)c1Sc1ncccc1CN)N(C)C(=O)[C@@H](N)CCCCN. The van der Waals surface area contributed by atoms with E-state index in [0.717, 1.165) is 99.2 Å². The molecule has 1 fully saturated rings. The zero-order valence-electron chi connectivity index (χ0n) is 32.4. The topological polar surface area (TPSA) is 176 Å². The normalized spacial score (nSPS) is 14.5. The number of para-hydroxylation sites is 1. The first-order chi connectivity index (χ1) is 27.1. The number of nitrogens with zero attached hydrogens (tertiary/aromatic N) is 5. The number of hydrogen-bond donors (Lipinski definition) is 5. The van der Waals surface area contributed by atoms with Crippen LogP contribution in [0, 0.1) is 6.92 Å². The van der Waals surface area contributed by atoms with Gasteiger partial charge in [-0.15, -0.1) is 0 Å². The number of anilines is 1. The maximum atomic E-state index is 14.5. The van der Waals surface area contributed by atoms with Crippen molar-refractivity contribution in [3.05, 3.63) is 100 Å². The second kappa shape index (κ2) is 19.1. The lowest BCUT2D eigenvalue weighted by Gasteiger charge is -2.33. The van der Waals surface area contributed by atoms with Gasteiger partial charge in [0, 0.05) is 86.6 Å². The summed E-state index contributed by atoms with van der Waals surface area (Å²) in [5, 5.41) is 5.45. The van der Waals surface area contributed by atoms with E-state index in [1.54, 1.807) is 13.2 Å². The highest BCUT2D eigenvalue weighted by molar-refractivity contribution is 7.99. The Kier molecular flexibility index (Phi) is 14.0. The minimum Gasteiger partial charge on any atom is -0.358 e. The van der Waals surface area contributed by atoms with Crippen molar-refractivity contribution >= 4 is 51.9 Å². The number of aromatic nitrogens is 3. The fourth-order valence-electron chi connectivity index (χ4n) is 7.18. The molecule has 14 heteroatoms. The van der Waals surface area contributed by atoms with Gasteiger partial charge >= 0.3 is 0 Å². The molecule has 0 bridgehead atoms. The average molecular weight is 797 g/mol. The van der Waals surface area contributed by atoms with Crippen LogP contribution in [0.25, 0.3) is 22.0 Å². The molecule has 0 unspecified atom stereocenters. The lowest BCUT2D eigenvalue weighted by molar-refractivity contribution is -0.140. The van der Waals surface area contributed by atoms with Crippen LogP contribution in [0.15, 0.2) is 83.0 Å². The van der Waals surface area contributed by atoms with Gasteiger partial charge in [0.05, 0.1) is 11.1 Å². The number of nitrogens with two attached hydrogens (primary N) is 3. The van der Waals surface area contributed by atoms with E-state index < -0.39 is 12.1 Å². The third-order valence-electron chi connectivity index (χ3n) is 10.6. The van der Waals surface area contributed by atoms with Crippen molar-refractivity contribution < 1.29 is 9.59 Å². The molecule has 4 heterocycles. The number of aromatic amines is 1. The average Bonchev–Trinajstić information content (AvgIpc) is 3.53. The number of halogens is 1. The van der Waals surface area contributed by atoms with Crippen molar-refractivity contribution in [1.29, 1.82) is 0 Å². The number of fused-ring (bicyclic) bond motifs is 1. The standard InChI is InChI=1S/C42H53ClN10O2S/c1-27-33(32-10-4-5-12-36(32)50-27)24-37(52(3)42(55)35(46)11-6-7-14-44)40(54)49-26-31-21-30(22-34(43)39(31)56-41-29(25-45)9-8-15-48-41)28-13-16-47-38(23-28)53-19-17-51(2)18-20-53/h4-5,8-10,12-13,15-16,21-23,35,37,50H,6-7,11,14,17-20,24-26,44-46H2,1-3H3,(H,49,54)/t35-,37-/m0/s1. The van der Waals surface area contributed by atoms with Gasteiger partial charge in [-0.2, -0.15) is 0 Å². The van der Waals surface area contributed by atoms with Gasteiger partial charge in [-0.05, 0) is 97.6 Å². The van der Waals surface area contributed by atoms with Gasteiger partial charge in [-0.1, -0.05) is 54.0 Å². The summed E-state index contributed by atoms with van der Waals surface area (Å²) < 4.78 is 0. The largest absolute Gasteiger partial charge is 0.358 e. The molecule has 6 rings (SSSR count). The van der Waals surface area contributed by atoms with Crippen LogP contribution in [0.3, 0.4) is 0 Å². The Morgan fingerprint density at radius 3 is 2.54 bits per heavy atom. The van der Waals surface area contributed by atoms with Gasteiger partial charge in [0.15, 0.2) is 0 Å². The van der Waals surface area contributed by atoms with E-state index in [2.05, 4.69) is 44.3 Å². The number of benzene rings is 2. The van der Waals surface area contributed by atoms with E-state index in [-0.39, 0.29) is 18.4 Å². The van der Waals surface area contributed by atoms with E-state index in [9.17, 15) is 9.59 Å². The highest BCUT2D eigenvalue weighted by Gasteiger charge is 2.31. The Balaban J connectivity index is 1.33. The molecule has 8 N–H and O–H groups in total. The fraction of sp³-hybridized carbons (Fsp3) is 0.381. The molecule has 1 aliphatic rings. The Bertz CT molecular complexity index is 2140. The van der Waals surface area contributed by atoms with Gasteiger partial charge in [-0.3, -0.25) is 9.59 Å². The number of nitrogens with one attached hydrogen (secondary N) is 2. The molecule has 0 saturated carbocycles. The first kappa shape index (κ1) is 41.1. The molecule has 5 aromatic rings. The summed E-state index contributed by atoms with van der Waals surface area (Å²) in [6.45, 7) is 6.69. The summed E-state index contributed by atoms with van der Waals surface area (Å²) in [4.78, 5) is 47.9. The number of H-pyrrole nitrogens is 1. The number of piperazine rings is 1. The first-order valence-electron chi connectivity index (χ1n) is 19.2. The number of unbranched alkanes of at least 4 members (excludes halogenated alkanes) is 1. The van der Waals surface area contributed by atoms with Crippen LogP contribution >= 0.6 is 23.4 Å². The fourth-order valence-corrected chi connectivity index (χ4v) is 8.54. The minimum absolute atomic E-state index is 0.143. The number of pyridine rings is 2. The lowest BCUT2D eigenvalue weighted by atomic mass is 9.99. The molecular formula is C42H53ClN10O2S. The Morgan fingerprint density at radius 1 is 0.982 bits per heavy atom. The third-order valence-corrected chi connectivity index (χ3v) is 12.2. The Morgan fingerprint density at radius 2 is 1.77 bits per heavy atom. The van der Waals surface area contributed by atoms with E-state index in [1.807, 2.05) is 61.7 Å². The van der Waals surface area contributed by atoms with Gasteiger partial charge in [0.2, 0.25) is 11.8 Å². The summed E-state index contributed by atoms with van der Waals surface area (Å²) in [5.74, 6) is 0.309. The number of rotatable bonds is 16. The third kappa shape index (κ3) is 9.71. The second-order valence-corrected chi connectivity index (χ2v) is 15.9. The van der Waals surface area contributed by atoms with Crippen molar-refractivity contribution in [3.63, 3.8) is 0 Å². The smallest absolute Gasteiger partial charge is 0.243 e. The molecule has 0 radical (unpaired) electrons. The molecule has 2 aromatic carbocycles. The quantitative estimate of drug-likeness (QED) is 0.0847. The van der Waals surface area contributed by atoms with Crippen molar-refractivity contribution in [1.82, 2.24) is 30.1 Å². The molecule has 56 heavy (non-hydrogen) atoms. The summed E-state index contributed by atoms with van der Waals surface area (Å²) in [6, 6.07) is 18.3. The lowest BCUT2D eigenvalue weighted by Crippen LogP contribution is -2.53. The van der Waals surface area contributed by atoms with Gasteiger partial charge in [0.1, 0.15) is 16.9 Å². The van der Waals surface area contributed by atoms with Crippen molar-refractivity contribution in [2.75, 3.05) is 51.7 Å². The number of carbonyl (C=O) groups is 2. The molecule has 3 aromatic heterocycles. The molecule has 296 valence electrons. The monoisotopic (exact) mass is 796 g/mol. The summed E-state index contributed by atoms with van der Waals surface area (Å²) in [7, 11) is 3.79. The minimum atomic E-state index is -0.846. The van der Waals surface area contributed by atoms with Crippen LogP contribution in [0.1, 0.15) is 41.6 Å². The van der Waals surface area contributed by atoms with Gasteiger partial charge in [-0.25, -0.2) is 9.97 Å². The van der Waals surface area contributed by atoms with Crippen LogP contribution in [-0.2, 0) is 29.1 Å². The van der Waals surface area contributed by atoms with Crippen molar-refractivity contribution in [3.8, 4) is 11.1 Å². The molecule has 1 aliphatic heterocycles. The molecule has 1 saturated heterocycles. The van der Waals surface area contributed by atoms with Crippen LogP contribution < -0.4 is 27.4 Å². The van der Waals surface area contributed by atoms with Crippen LogP contribution in [0.5, 0.6) is 0 Å². The maximum Gasteiger partial charge on any atom is 0.243 e. The summed E-state index contributed by atoms with van der Waals surface area (Å²) in [5.41, 5.74) is 24.6. The zero-order valence-corrected chi connectivity index (χ0v) is 34.0. The molecule has 0 spiro atoms. The maximum absolute atomic E-state index is 14.5. The van der Waals surface area contributed by atoms with Crippen LogP contribution in [-0.4, -0.2) is 95.5 Å². The molecule has 12 nitrogen and oxygen atoms in total. The van der Waals surface area contributed by atoms with Crippen molar-refractivity contribution in [2.24, 2.45) is 17.2 Å². The van der Waals surface area contributed by atoms with Gasteiger partial charge in [0.25, 0.3) is 0 Å². The zero-order chi connectivity index (χ0) is 39.8. The van der Waals surface area contributed by atoms with E-state index in [1.165, 1.54) is 16.7 Å². The number of hydrogen-bond acceptors (Lipinski definition) is 10. The number of carbonyl (C=O) groups excluding carboxylic acids is 2. The number of likely N-dealkylation sites (N-methyl/N-ethyl adjacent to an activating group) is 2. The highest BCUT2D eigenvalue weighted by atomic mass is 35.5. The summed E-state index contributed by atoms with van der Waals surface area (Å²) >= 11 is 8.58. The Hall–Kier alpha value is -4.50. The number of aryl methyl sites for hydroxylation is 1. The molecule has 2 atom stereocenters.